The van der Waals surface area contributed by atoms with Crippen LogP contribution < -0.4 is 10.6 Å². The normalized spacial score (nSPS) is 9.94. The van der Waals surface area contributed by atoms with Gasteiger partial charge in [0.15, 0.2) is 0 Å². The molecule has 0 fully saturated rings. The maximum Gasteiger partial charge on any atom is 0.253 e. The summed E-state index contributed by atoms with van der Waals surface area (Å²) < 4.78 is 0. The van der Waals surface area contributed by atoms with E-state index < -0.39 is 0 Å². The van der Waals surface area contributed by atoms with Crippen molar-refractivity contribution in [3.05, 3.63) is 47.8 Å². The minimum absolute atomic E-state index is 0.101. The van der Waals surface area contributed by atoms with Crippen LogP contribution in [0, 0.1) is 0 Å². The van der Waals surface area contributed by atoms with E-state index in [0.717, 1.165) is 11.3 Å². The first-order valence-electron chi connectivity index (χ1n) is 5.34. The Hall–Kier alpha value is -2.30. The summed E-state index contributed by atoms with van der Waals surface area (Å²) in [4.78, 5) is 11.9. The van der Waals surface area contributed by atoms with Crippen LogP contribution in [-0.2, 0) is 6.54 Å². The zero-order chi connectivity index (χ0) is 12.1. The van der Waals surface area contributed by atoms with Gasteiger partial charge < -0.3 is 10.6 Å². The molecule has 0 aliphatic rings. The molecule has 2 rings (SSSR count). The van der Waals surface area contributed by atoms with E-state index >= 15 is 0 Å². The molecule has 17 heavy (non-hydrogen) atoms. The van der Waals surface area contributed by atoms with E-state index in [1.165, 1.54) is 0 Å². The summed E-state index contributed by atoms with van der Waals surface area (Å²) in [7, 11) is 1.79. The number of aromatic nitrogens is 2. The predicted molar refractivity (Wildman–Crippen MR) is 65.7 cm³/mol. The minimum atomic E-state index is -0.101. The number of H-pyrrole nitrogens is 1. The summed E-state index contributed by atoms with van der Waals surface area (Å²) in [5.41, 5.74) is 2.40. The second-order valence-corrected chi connectivity index (χ2v) is 3.58. The number of carbonyl (C=O) groups excluding carboxylic acids is 1. The molecule has 0 saturated heterocycles. The maximum atomic E-state index is 11.9. The van der Waals surface area contributed by atoms with Crippen molar-refractivity contribution >= 4 is 11.6 Å². The molecule has 5 heteroatoms. The van der Waals surface area contributed by atoms with Gasteiger partial charge in [-0.25, -0.2) is 0 Å². The number of hydrogen-bond donors (Lipinski definition) is 3. The van der Waals surface area contributed by atoms with Crippen molar-refractivity contribution in [3.63, 3.8) is 0 Å². The van der Waals surface area contributed by atoms with E-state index in [0.29, 0.717) is 12.1 Å². The number of aromatic amines is 1. The van der Waals surface area contributed by atoms with Crippen molar-refractivity contribution in [1.29, 1.82) is 0 Å². The Morgan fingerprint density at radius 3 is 2.94 bits per heavy atom. The molecule has 88 valence electrons. The van der Waals surface area contributed by atoms with Crippen LogP contribution in [0.4, 0.5) is 5.69 Å². The molecule has 3 N–H and O–H groups in total. The second kappa shape index (κ2) is 5.16. The first-order chi connectivity index (χ1) is 8.31. The van der Waals surface area contributed by atoms with Gasteiger partial charge in [-0.05, 0) is 12.1 Å². The van der Waals surface area contributed by atoms with Crippen molar-refractivity contribution < 1.29 is 4.79 Å². The highest BCUT2D eigenvalue weighted by molar-refractivity contribution is 5.99. The number of amides is 1. The third-order valence-electron chi connectivity index (χ3n) is 2.45. The Labute approximate surface area is 99.2 Å². The molecule has 1 aromatic carbocycles. The lowest BCUT2D eigenvalue weighted by molar-refractivity contribution is 0.0951. The third kappa shape index (κ3) is 2.63. The number of carbonyl (C=O) groups is 1. The second-order valence-electron chi connectivity index (χ2n) is 3.58. The molecule has 0 aliphatic heterocycles. The van der Waals surface area contributed by atoms with E-state index in [1.54, 1.807) is 25.5 Å². The van der Waals surface area contributed by atoms with Crippen molar-refractivity contribution in [3.8, 4) is 0 Å². The van der Waals surface area contributed by atoms with Crippen LogP contribution in [0.5, 0.6) is 0 Å². The van der Waals surface area contributed by atoms with E-state index in [2.05, 4.69) is 20.8 Å². The van der Waals surface area contributed by atoms with Crippen molar-refractivity contribution in [1.82, 2.24) is 15.5 Å². The lowest BCUT2D eigenvalue weighted by Crippen LogP contribution is -2.23. The van der Waals surface area contributed by atoms with Crippen LogP contribution in [0.3, 0.4) is 0 Å². The van der Waals surface area contributed by atoms with Gasteiger partial charge in [0, 0.05) is 31.0 Å². The highest BCUT2D eigenvalue weighted by Crippen LogP contribution is 2.13. The molecule has 0 aliphatic carbocycles. The highest BCUT2D eigenvalue weighted by atomic mass is 16.1. The van der Waals surface area contributed by atoms with Gasteiger partial charge in [0.05, 0.1) is 11.8 Å². The molecule has 0 bridgehead atoms. The summed E-state index contributed by atoms with van der Waals surface area (Å²) in [6.45, 7) is 0.466. The average Bonchev–Trinajstić information content (AvgIpc) is 2.89. The van der Waals surface area contributed by atoms with Gasteiger partial charge >= 0.3 is 0 Å². The fourth-order valence-electron chi connectivity index (χ4n) is 1.55. The summed E-state index contributed by atoms with van der Waals surface area (Å²) >= 11 is 0. The van der Waals surface area contributed by atoms with Crippen LogP contribution in [0.15, 0.2) is 36.7 Å². The largest absolute Gasteiger partial charge is 0.387 e. The first-order valence-corrected chi connectivity index (χ1v) is 5.34. The third-order valence-corrected chi connectivity index (χ3v) is 2.45. The van der Waals surface area contributed by atoms with Crippen LogP contribution in [0.2, 0.25) is 0 Å². The van der Waals surface area contributed by atoms with E-state index in [9.17, 15) is 4.79 Å². The Bertz CT molecular complexity index is 493. The van der Waals surface area contributed by atoms with E-state index in [4.69, 9.17) is 0 Å². The SMILES string of the molecule is CNc1ccccc1C(=O)NCc1cn[nH]c1. The topological polar surface area (TPSA) is 69.8 Å². The van der Waals surface area contributed by atoms with Gasteiger partial charge in [0.2, 0.25) is 0 Å². The highest BCUT2D eigenvalue weighted by Gasteiger charge is 2.09. The van der Waals surface area contributed by atoms with Gasteiger partial charge in [-0.15, -0.1) is 0 Å². The number of hydrogen-bond acceptors (Lipinski definition) is 3. The number of para-hydroxylation sites is 1. The van der Waals surface area contributed by atoms with E-state index in [-0.39, 0.29) is 5.91 Å². The smallest absolute Gasteiger partial charge is 0.253 e. The Morgan fingerprint density at radius 2 is 2.24 bits per heavy atom. The molecule has 5 nitrogen and oxygen atoms in total. The monoisotopic (exact) mass is 230 g/mol. The van der Waals surface area contributed by atoms with E-state index in [1.807, 2.05) is 18.2 Å². The fourth-order valence-corrected chi connectivity index (χ4v) is 1.55. The predicted octanol–water partition coefficient (Wildman–Crippen LogP) is 1.38. The zero-order valence-electron chi connectivity index (χ0n) is 9.53. The number of nitrogens with zero attached hydrogens (tertiary/aromatic N) is 1. The van der Waals surface area contributed by atoms with Gasteiger partial charge in [0.1, 0.15) is 0 Å². The molecule has 1 amide bonds. The number of anilines is 1. The first kappa shape index (κ1) is 11.2. The summed E-state index contributed by atoms with van der Waals surface area (Å²) in [5.74, 6) is -0.101. The van der Waals surface area contributed by atoms with Crippen LogP contribution in [0.1, 0.15) is 15.9 Å². The summed E-state index contributed by atoms with van der Waals surface area (Å²) in [6, 6.07) is 7.38. The van der Waals surface area contributed by atoms with Crippen molar-refractivity contribution in [2.75, 3.05) is 12.4 Å². The number of rotatable bonds is 4. The Kier molecular flexibility index (Phi) is 3.40. The summed E-state index contributed by atoms with van der Waals surface area (Å²) in [6.07, 6.45) is 3.44. The van der Waals surface area contributed by atoms with Crippen molar-refractivity contribution in [2.45, 2.75) is 6.54 Å². The molecular formula is C12H14N4O. The number of nitrogens with one attached hydrogen (secondary N) is 3. The minimum Gasteiger partial charge on any atom is -0.387 e. The van der Waals surface area contributed by atoms with Crippen LogP contribution in [-0.4, -0.2) is 23.2 Å². The zero-order valence-corrected chi connectivity index (χ0v) is 9.53. The molecule has 0 unspecified atom stereocenters. The molecular weight excluding hydrogens is 216 g/mol. The molecule has 0 spiro atoms. The standard InChI is InChI=1S/C12H14N4O/c1-13-11-5-3-2-4-10(11)12(17)14-6-9-7-15-16-8-9/h2-5,7-8,13H,6H2,1H3,(H,14,17)(H,15,16). The summed E-state index contributed by atoms with van der Waals surface area (Å²) in [5, 5.41) is 12.3. The molecule has 0 saturated carbocycles. The Balaban J connectivity index is 2.04. The quantitative estimate of drug-likeness (QED) is 0.743. The number of benzene rings is 1. The molecule has 0 atom stereocenters. The van der Waals surface area contributed by atoms with Gasteiger partial charge in [-0.1, -0.05) is 12.1 Å². The molecule has 1 heterocycles. The lowest BCUT2D eigenvalue weighted by Gasteiger charge is -2.08. The molecule has 2 aromatic rings. The maximum absolute atomic E-state index is 11.9. The van der Waals surface area contributed by atoms with Gasteiger partial charge in [-0.3, -0.25) is 9.89 Å². The van der Waals surface area contributed by atoms with Crippen LogP contribution in [0.25, 0.3) is 0 Å². The van der Waals surface area contributed by atoms with Gasteiger partial charge in [0.25, 0.3) is 5.91 Å². The van der Waals surface area contributed by atoms with Gasteiger partial charge in [-0.2, -0.15) is 5.10 Å². The average molecular weight is 230 g/mol. The molecule has 1 aromatic heterocycles. The molecule has 0 radical (unpaired) electrons. The Morgan fingerprint density at radius 1 is 1.41 bits per heavy atom. The lowest BCUT2D eigenvalue weighted by atomic mass is 10.1. The van der Waals surface area contributed by atoms with Crippen molar-refractivity contribution in [2.24, 2.45) is 0 Å². The fraction of sp³-hybridized carbons (Fsp3) is 0.167. The van der Waals surface area contributed by atoms with Crippen LogP contribution >= 0.6 is 0 Å².